The van der Waals surface area contributed by atoms with Crippen LogP contribution < -0.4 is 0 Å². The molecule has 0 fully saturated rings. The molecular formula is H3BP2V2. The maximum atomic E-state index is 6.37. The standard InChI is InChI=1S/BH3P2.2V/c1-3-2;;/h3H,2H2;;/i2T;;. The van der Waals surface area contributed by atoms with Crippen LogP contribution in [0.25, 0.3) is 0 Å². The van der Waals surface area contributed by atoms with E-state index in [4.69, 9.17) is 8.84 Å². The minimum Gasteiger partial charge on any atom is -0.153 e. The Kier molecular flexibility index (Phi) is 33.5. The summed E-state index contributed by atoms with van der Waals surface area (Å²) in [5.74, 6) is 0. The van der Waals surface area contributed by atoms with E-state index >= 15 is 0 Å². The zero-order valence-corrected chi connectivity index (χ0v) is 7.27. The van der Waals surface area contributed by atoms with Crippen molar-refractivity contribution in [2.24, 2.45) is 0 Å². The molecule has 26 valence electrons. The molecule has 0 amide bonds. The van der Waals surface area contributed by atoms with Gasteiger partial charge in [-0.05, 0) is 0 Å². The molecule has 0 nitrogen and oxygen atoms in total. The SMILES string of the molecule is [3H]PP[B].[V].[V]. The number of hydrogen-bond acceptors (Lipinski definition) is 0. The van der Waals surface area contributed by atoms with E-state index in [1.165, 1.54) is 0 Å². The van der Waals surface area contributed by atoms with Gasteiger partial charge in [-0.3, -0.25) is 0 Å². The zero-order chi connectivity index (χ0) is 3.41. The monoisotopic (exact) mass is 180 g/mol. The van der Waals surface area contributed by atoms with Gasteiger partial charge in [0.05, 0.1) is 1.28 Å². The molecule has 0 bridgehead atoms. The smallest absolute Gasteiger partial charge is 0.110 e. The van der Waals surface area contributed by atoms with Crippen molar-refractivity contribution in [1.29, 1.82) is 1.28 Å². The Hall–Kier alpha value is 2.09. The predicted molar refractivity (Wildman–Crippen MR) is 23.8 cm³/mol. The van der Waals surface area contributed by atoms with Gasteiger partial charge in [0.15, 0.2) is 0 Å². The van der Waals surface area contributed by atoms with Crippen molar-refractivity contribution in [3.8, 4) is 0 Å². The Morgan fingerprint density at radius 3 is 2.00 bits per heavy atom. The molecule has 5 heavy (non-hydrogen) atoms. The van der Waals surface area contributed by atoms with Gasteiger partial charge in [0.25, 0.3) is 0 Å². The quantitative estimate of drug-likeness (QED) is 0.407. The molecule has 2 atom stereocenters. The van der Waals surface area contributed by atoms with Gasteiger partial charge in [-0.2, -0.15) is 8.15 Å². The number of hydrogen-bond donors (Lipinski definition) is 0. The summed E-state index contributed by atoms with van der Waals surface area (Å²) in [4.78, 5) is 0. The molecule has 0 rings (SSSR count). The fraction of sp³-hybridized carbons (Fsp3) is 0. The molecule has 0 heterocycles. The Labute approximate surface area is 62.9 Å². The molecule has 0 saturated carbocycles. The van der Waals surface area contributed by atoms with Crippen LogP contribution in [-0.2, 0) is 37.1 Å². The fourth-order valence-electron chi connectivity index (χ4n) is 0. The van der Waals surface area contributed by atoms with E-state index in [1.807, 2.05) is 0 Å². The Bertz CT molecular complexity index is 13.5. The molecule has 5 heteroatoms. The zero-order valence-electron chi connectivity index (χ0n) is 3.47. The van der Waals surface area contributed by atoms with Crippen LogP contribution >= 0.6 is 17.0 Å². The second-order valence-corrected chi connectivity index (χ2v) is 1.30. The maximum absolute atomic E-state index is 6.37. The minimum absolute atomic E-state index is 0. The van der Waals surface area contributed by atoms with Crippen LogP contribution in [0.4, 0.5) is 0 Å². The summed E-state index contributed by atoms with van der Waals surface area (Å²) < 4.78 is 6.37. The van der Waals surface area contributed by atoms with Crippen LogP contribution in [0.1, 0.15) is 0 Å². The van der Waals surface area contributed by atoms with Crippen LogP contribution in [0, 0.1) is 0 Å². The van der Waals surface area contributed by atoms with Crippen LogP contribution in [0.2, 0.25) is 0 Å². The van der Waals surface area contributed by atoms with E-state index in [1.54, 1.807) is 0 Å². The van der Waals surface area contributed by atoms with Gasteiger partial charge in [-0.25, -0.2) is 0 Å². The van der Waals surface area contributed by atoms with E-state index in [0.717, 1.165) is 0 Å². The first-order valence-electron chi connectivity index (χ1n) is 1.04. The van der Waals surface area contributed by atoms with Crippen molar-refractivity contribution in [3.05, 3.63) is 0 Å². The first-order valence-corrected chi connectivity index (χ1v) is 3.12. The van der Waals surface area contributed by atoms with Crippen molar-refractivity contribution in [2.75, 3.05) is 0 Å². The molecule has 0 aromatic rings. The summed E-state index contributed by atoms with van der Waals surface area (Å²) in [6.07, 6.45) is 0. The molecule has 0 spiro atoms. The third-order valence-corrected chi connectivity index (χ3v) is 0. The van der Waals surface area contributed by atoms with Crippen molar-refractivity contribution in [3.63, 3.8) is 0 Å². The Morgan fingerprint density at radius 2 is 2.00 bits per heavy atom. The summed E-state index contributed by atoms with van der Waals surface area (Å²) in [5, 5.41) is 0. The van der Waals surface area contributed by atoms with Gasteiger partial charge in [0.1, 0.15) is 7.57 Å². The molecule has 0 aliphatic carbocycles. The van der Waals surface area contributed by atoms with Crippen LogP contribution in [0.15, 0.2) is 0 Å². The van der Waals surface area contributed by atoms with Crippen LogP contribution in [-0.4, -0.2) is 8.84 Å². The summed E-state index contributed by atoms with van der Waals surface area (Å²) >= 11 is 0. The number of rotatable bonds is 1. The summed E-state index contributed by atoms with van der Waals surface area (Å²) in [7, 11) is 5.41. The molecule has 0 aromatic heterocycles. The first kappa shape index (κ1) is 10.2. The van der Waals surface area contributed by atoms with Crippen molar-refractivity contribution in [1.82, 2.24) is 0 Å². The molecule has 0 N–H and O–H groups in total. The van der Waals surface area contributed by atoms with Gasteiger partial charge < -0.3 is 0 Å². The first-order chi connectivity index (χ1) is 1.91. The third-order valence-electron chi connectivity index (χ3n) is 0. The van der Waals surface area contributed by atoms with E-state index in [9.17, 15) is 0 Å². The molecule has 4 radical (unpaired) electrons. The van der Waals surface area contributed by atoms with Crippen molar-refractivity contribution < 1.29 is 37.1 Å². The fourth-order valence-corrected chi connectivity index (χ4v) is 0. The third kappa shape index (κ3) is 23.3. The molecule has 0 aromatic carbocycles. The molecular weight excluding hydrogens is 175 g/mol. The molecule has 2 unspecified atom stereocenters. The maximum Gasteiger partial charge on any atom is 0.110 e. The summed E-state index contributed by atoms with van der Waals surface area (Å²) in [5.41, 5.74) is 0. The topological polar surface area (TPSA) is 0 Å². The molecule has 0 aliphatic rings. The van der Waals surface area contributed by atoms with Crippen molar-refractivity contribution in [2.45, 2.75) is 0 Å². The average molecular weight is 180 g/mol. The van der Waals surface area contributed by atoms with Gasteiger partial charge >= 0.3 is 0 Å². The summed E-state index contributed by atoms with van der Waals surface area (Å²) in [6, 6.07) is 0. The van der Waals surface area contributed by atoms with E-state index < -0.39 is 0 Å². The second kappa shape index (κ2) is 16.5. The Balaban J connectivity index is -0.0000000450. The molecule has 0 saturated heterocycles. The van der Waals surface area contributed by atoms with Crippen molar-refractivity contribution >= 4 is 24.6 Å². The average Bonchev–Trinajstić information content (AvgIpc) is 1.37. The van der Waals surface area contributed by atoms with Crippen LogP contribution in [0.5, 0.6) is 0 Å². The molecule has 0 aliphatic heterocycles. The Morgan fingerprint density at radius 1 is 1.80 bits per heavy atom. The normalized spacial score (nSPS) is 10.8. The largest absolute Gasteiger partial charge is 0.153 e. The van der Waals surface area contributed by atoms with Gasteiger partial charge in [0.2, 0.25) is 0 Å². The van der Waals surface area contributed by atoms with Gasteiger partial charge in [-0.1, -0.05) is 0 Å². The van der Waals surface area contributed by atoms with Gasteiger partial charge in [0, 0.05) is 37.1 Å². The van der Waals surface area contributed by atoms with Crippen LogP contribution in [0.3, 0.4) is 0 Å². The van der Waals surface area contributed by atoms with E-state index in [2.05, 4.69) is 0 Å². The van der Waals surface area contributed by atoms with E-state index in [-0.39, 0.29) is 46.0 Å². The minimum atomic E-state index is 0. The van der Waals surface area contributed by atoms with E-state index in [0.29, 0.717) is 8.15 Å². The second-order valence-electron chi connectivity index (χ2n) is 0.144. The van der Waals surface area contributed by atoms with Gasteiger partial charge in [-0.15, -0.1) is 8.87 Å². The predicted octanol–water partition coefficient (Wildman–Crippen LogP) is 0.533. The summed E-state index contributed by atoms with van der Waals surface area (Å²) in [6.45, 7) is 0.